The Balaban J connectivity index is 2.05. The predicted molar refractivity (Wildman–Crippen MR) is 93.3 cm³/mol. The van der Waals surface area contributed by atoms with Crippen molar-refractivity contribution in [1.82, 2.24) is 9.55 Å². The first-order valence-electron chi connectivity index (χ1n) is 7.23. The maximum Gasteiger partial charge on any atom is 0.262 e. The maximum absolute atomic E-state index is 12.7. The number of para-hydroxylation sites is 1. The van der Waals surface area contributed by atoms with Gasteiger partial charge in [-0.2, -0.15) is 0 Å². The van der Waals surface area contributed by atoms with Crippen LogP contribution in [0.5, 0.6) is 0 Å². The van der Waals surface area contributed by atoms with Crippen LogP contribution in [0.25, 0.3) is 10.9 Å². The molecule has 1 heterocycles. The van der Waals surface area contributed by atoms with E-state index in [1.54, 1.807) is 24.3 Å². The highest BCUT2D eigenvalue weighted by atomic mass is 32.2. The molecule has 3 rings (SSSR count). The van der Waals surface area contributed by atoms with Gasteiger partial charge >= 0.3 is 0 Å². The Labute approximate surface area is 138 Å². The highest BCUT2D eigenvalue weighted by Gasteiger charge is 2.14. The lowest BCUT2D eigenvalue weighted by atomic mass is 10.1. The van der Waals surface area contributed by atoms with Crippen molar-refractivity contribution in [2.75, 3.05) is 6.26 Å². The summed E-state index contributed by atoms with van der Waals surface area (Å²) in [4.78, 5) is 29.7. The Hall–Kier alpha value is -2.40. The number of thioether (sulfide) groups is 1. The van der Waals surface area contributed by atoms with Crippen LogP contribution >= 0.6 is 11.8 Å². The Morgan fingerprint density at radius 3 is 2.52 bits per heavy atom. The van der Waals surface area contributed by atoms with Gasteiger partial charge in [0.05, 0.1) is 17.4 Å². The zero-order chi connectivity index (χ0) is 16.4. The first kappa shape index (κ1) is 15.5. The third-order valence-electron chi connectivity index (χ3n) is 3.68. The van der Waals surface area contributed by atoms with Crippen molar-refractivity contribution in [2.45, 2.75) is 18.6 Å². The summed E-state index contributed by atoms with van der Waals surface area (Å²) >= 11 is 1.36. The van der Waals surface area contributed by atoms with E-state index in [1.165, 1.54) is 16.3 Å². The molecule has 0 fully saturated rings. The number of carbonyl (C=O) groups is 1. The van der Waals surface area contributed by atoms with E-state index in [-0.39, 0.29) is 17.9 Å². The smallest absolute Gasteiger partial charge is 0.262 e. The molecule has 0 aliphatic heterocycles. The molecular weight excluding hydrogens is 308 g/mol. The monoisotopic (exact) mass is 324 g/mol. The molecule has 0 radical (unpaired) electrons. The molecule has 0 spiro atoms. The van der Waals surface area contributed by atoms with Crippen LogP contribution in [-0.4, -0.2) is 21.6 Å². The van der Waals surface area contributed by atoms with Crippen molar-refractivity contribution < 1.29 is 4.79 Å². The van der Waals surface area contributed by atoms with Crippen molar-refractivity contribution in [2.24, 2.45) is 0 Å². The standard InChI is InChI=1S/C18H16N2O2S/c1-12-7-9-13(10-8-12)16(21)11-20-17(22)14-5-3-4-6-15(14)19-18(20)23-2/h3-10H,11H2,1-2H3. The molecule has 2 aromatic carbocycles. The lowest BCUT2D eigenvalue weighted by Crippen LogP contribution is -2.27. The number of carbonyl (C=O) groups excluding carboxylic acids is 1. The Bertz CT molecular complexity index is 930. The number of rotatable bonds is 4. The van der Waals surface area contributed by atoms with Crippen molar-refractivity contribution >= 4 is 28.4 Å². The van der Waals surface area contributed by atoms with Gasteiger partial charge < -0.3 is 0 Å². The zero-order valence-electron chi connectivity index (χ0n) is 12.9. The highest BCUT2D eigenvalue weighted by Crippen LogP contribution is 2.16. The second-order valence-electron chi connectivity index (χ2n) is 5.30. The van der Waals surface area contributed by atoms with Gasteiger partial charge in [-0.15, -0.1) is 0 Å². The van der Waals surface area contributed by atoms with E-state index in [0.717, 1.165) is 5.56 Å². The summed E-state index contributed by atoms with van der Waals surface area (Å²) in [5.74, 6) is -0.0977. The molecule has 0 bridgehead atoms. The Morgan fingerprint density at radius 2 is 1.83 bits per heavy atom. The van der Waals surface area contributed by atoms with Gasteiger partial charge in [-0.05, 0) is 25.3 Å². The first-order chi connectivity index (χ1) is 11.1. The normalized spacial score (nSPS) is 10.9. The van der Waals surface area contributed by atoms with Crippen molar-refractivity contribution in [1.29, 1.82) is 0 Å². The van der Waals surface area contributed by atoms with Gasteiger partial charge in [0, 0.05) is 5.56 Å². The molecule has 0 saturated carbocycles. The van der Waals surface area contributed by atoms with Gasteiger partial charge in [0.15, 0.2) is 10.9 Å². The van der Waals surface area contributed by atoms with Crippen LogP contribution in [0.15, 0.2) is 58.5 Å². The zero-order valence-corrected chi connectivity index (χ0v) is 13.8. The molecule has 116 valence electrons. The number of hydrogen-bond donors (Lipinski definition) is 0. The average Bonchev–Trinajstić information content (AvgIpc) is 2.57. The first-order valence-corrected chi connectivity index (χ1v) is 8.46. The minimum absolute atomic E-state index is 0.00407. The topological polar surface area (TPSA) is 52.0 Å². The largest absolute Gasteiger partial charge is 0.292 e. The molecule has 0 aliphatic rings. The van der Waals surface area contributed by atoms with Gasteiger partial charge in [0.1, 0.15) is 0 Å². The van der Waals surface area contributed by atoms with E-state index >= 15 is 0 Å². The van der Waals surface area contributed by atoms with Crippen LogP contribution in [0.2, 0.25) is 0 Å². The molecular formula is C18H16N2O2S. The third kappa shape index (κ3) is 3.05. The summed E-state index contributed by atoms with van der Waals surface area (Å²) in [5, 5.41) is 1.08. The molecule has 0 atom stereocenters. The molecule has 0 saturated heterocycles. The lowest BCUT2D eigenvalue weighted by Gasteiger charge is -2.11. The van der Waals surface area contributed by atoms with Gasteiger partial charge in [-0.1, -0.05) is 53.7 Å². The fourth-order valence-electron chi connectivity index (χ4n) is 2.42. The molecule has 1 aromatic heterocycles. The molecule has 23 heavy (non-hydrogen) atoms. The lowest BCUT2D eigenvalue weighted by molar-refractivity contribution is 0.0967. The molecule has 0 N–H and O–H groups in total. The van der Waals surface area contributed by atoms with Gasteiger partial charge in [0.25, 0.3) is 5.56 Å². The second kappa shape index (κ2) is 6.38. The number of fused-ring (bicyclic) bond motifs is 1. The predicted octanol–water partition coefficient (Wildman–Crippen LogP) is 3.31. The molecule has 4 nitrogen and oxygen atoms in total. The van der Waals surface area contributed by atoms with E-state index in [4.69, 9.17) is 0 Å². The SMILES string of the molecule is CSc1nc2ccccc2c(=O)n1CC(=O)c1ccc(C)cc1. The Morgan fingerprint density at radius 1 is 1.13 bits per heavy atom. The minimum atomic E-state index is -0.180. The number of benzene rings is 2. The van der Waals surface area contributed by atoms with E-state index in [9.17, 15) is 9.59 Å². The number of nitrogens with zero attached hydrogens (tertiary/aromatic N) is 2. The summed E-state index contributed by atoms with van der Waals surface area (Å²) in [5.41, 5.74) is 2.17. The van der Waals surface area contributed by atoms with Crippen LogP contribution in [0.1, 0.15) is 15.9 Å². The summed E-state index contributed by atoms with van der Waals surface area (Å²) in [6.07, 6.45) is 1.85. The number of ketones is 1. The number of hydrogen-bond acceptors (Lipinski definition) is 4. The van der Waals surface area contributed by atoms with Gasteiger partial charge in [-0.25, -0.2) is 4.98 Å². The van der Waals surface area contributed by atoms with Crippen LogP contribution < -0.4 is 5.56 Å². The summed E-state index contributed by atoms with van der Waals surface area (Å²) in [7, 11) is 0. The summed E-state index contributed by atoms with van der Waals surface area (Å²) < 4.78 is 1.45. The molecule has 0 unspecified atom stereocenters. The van der Waals surface area contributed by atoms with E-state index in [2.05, 4.69) is 4.98 Å². The Kier molecular flexibility index (Phi) is 4.30. The summed E-state index contributed by atoms with van der Waals surface area (Å²) in [6, 6.07) is 14.6. The minimum Gasteiger partial charge on any atom is -0.292 e. The molecule has 5 heteroatoms. The van der Waals surface area contributed by atoms with Crippen LogP contribution in [0.4, 0.5) is 0 Å². The molecule has 3 aromatic rings. The second-order valence-corrected chi connectivity index (χ2v) is 6.07. The van der Waals surface area contributed by atoms with Crippen molar-refractivity contribution in [3.05, 3.63) is 70.0 Å². The van der Waals surface area contributed by atoms with Crippen molar-refractivity contribution in [3.8, 4) is 0 Å². The van der Waals surface area contributed by atoms with Crippen LogP contribution in [0, 0.1) is 6.92 Å². The fourth-order valence-corrected chi connectivity index (χ4v) is 2.97. The molecule has 0 amide bonds. The maximum atomic E-state index is 12.7. The van der Waals surface area contributed by atoms with Crippen molar-refractivity contribution in [3.63, 3.8) is 0 Å². The number of aryl methyl sites for hydroxylation is 1. The van der Waals surface area contributed by atoms with E-state index in [0.29, 0.717) is 21.6 Å². The van der Waals surface area contributed by atoms with E-state index in [1.807, 2.05) is 37.4 Å². The summed E-state index contributed by atoms with van der Waals surface area (Å²) in [6.45, 7) is 1.97. The highest BCUT2D eigenvalue weighted by molar-refractivity contribution is 7.98. The third-order valence-corrected chi connectivity index (χ3v) is 4.36. The van der Waals surface area contributed by atoms with Crippen LogP contribution in [0.3, 0.4) is 0 Å². The number of Topliss-reactive ketones (excluding diaryl/α,β-unsaturated/α-hetero) is 1. The molecule has 0 aliphatic carbocycles. The number of aromatic nitrogens is 2. The quantitative estimate of drug-likeness (QED) is 0.420. The fraction of sp³-hybridized carbons (Fsp3) is 0.167. The van der Waals surface area contributed by atoms with Gasteiger partial charge in [-0.3, -0.25) is 14.2 Å². The van der Waals surface area contributed by atoms with Crippen LogP contribution in [-0.2, 0) is 6.54 Å². The average molecular weight is 324 g/mol. The van der Waals surface area contributed by atoms with E-state index < -0.39 is 0 Å². The van der Waals surface area contributed by atoms with Gasteiger partial charge in [0.2, 0.25) is 0 Å².